The van der Waals surface area contributed by atoms with Crippen LogP contribution in [0.25, 0.3) is 0 Å². The number of nitrogens with one attached hydrogen (secondary N) is 2. The van der Waals surface area contributed by atoms with E-state index in [1.165, 1.54) is 13.3 Å². The number of hydrogen-bond acceptors (Lipinski definition) is 6. The minimum Gasteiger partial charge on any atom is -0.320 e. The zero-order valence-electron chi connectivity index (χ0n) is 9.67. The summed E-state index contributed by atoms with van der Waals surface area (Å²) in [7, 11) is -1.99. The van der Waals surface area contributed by atoms with Gasteiger partial charge in [-0.05, 0) is 6.92 Å². The van der Waals surface area contributed by atoms with Crippen molar-refractivity contribution >= 4 is 21.4 Å². The Morgan fingerprint density at radius 1 is 1.56 bits per heavy atom. The van der Waals surface area contributed by atoms with Gasteiger partial charge in [0.05, 0.1) is 6.54 Å². The Morgan fingerprint density at radius 3 is 2.78 bits per heavy atom. The Kier molecular flexibility index (Phi) is 3.32. The Hall–Kier alpha value is -1.52. The molecule has 10 heteroatoms. The van der Waals surface area contributed by atoms with Crippen LogP contribution in [0.3, 0.4) is 0 Å². The highest BCUT2D eigenvalue weighted by Crippen LogP contribution is 2.15. The van der Waals surface area contributed by atoms with E-state index in [-0.39, 0.29) is 10.8 Å². The molecule has 2 heterocycles. The second-order valence-corrected chi connectivity index (χ2v) is 6.55. The van der Waals surface area contributed by atoms with Gasteiger partial charge < -0.3 is 9.55 Å². The fraction of sp³-hybridized carbons (Fsp3) is 0.375. The number of aromatic nitrogens is 4. The van der Waals surface area contributed by atoms with E-state index < -0.39 is 14.9 Å². The molecule has 0 saturated heterocycles. The molecule has 0 aromatic carbocycles. The first kappa shape index (κ1) is 12.9. The molecule has 0 atom stereocenters. The van der Waals surface area contributed by atoms with Crippen LogP contribution >= 0.6 is 11.3 Å². The maximum Gasteiger partial charge on any atom is 0.305 e. The molecule has 0 spiro atoms. The number of thiazole rings is 1. The lowest BCUT2D eigenvalue weighted by Gasteiger charge is -2.04. The van der Waals surface area contributed by atoms with Crippen molar-refractivity contribution < 1.29 is 8.42 Å². The summed E-state index contributed by atoms with van der Waals surface area (Å²) >= 11 is 0.658. The minimum atomic E-state index is -3.71. The third-order valence-corrected chi connectivity index (χ3v) is 5.26. The van der Waals surface area contributed by atoms with E-state index in [1.54, 1.807) is 11.6 Å². The van der Waals surface area contributed by atoms with E-state index in [4.69, 9.17) is 0 Å². The number of aryl methyl sites for hydroxylation is 2. The van der Waals surface area contributed by atoms with Crippen LogP contribution in [0.2, 0.25) is 0 Å². The van der Waals surface area contributed by atoms with E-state index in [2.05, 4.69) is 19.9 Å². The van der Waals surface area contributed by atoms with Crippen LogP contribution in [0.5, 0.6) is 0 Å². The van der Waals surface area contributed by atoms with E-state index in [9.17, 15) is 13.2 Å². The van der Waals surface area contributed by atoms with Gasteiger partial charge in [-0.2, -0.15) is 0 Å². The largest absolute Gasteiger partial charge is 0.320 e. The minimum absolute atomic E-state index is 0.00494. The molecule has 0 bridgehead atoms. The zero-order chi connectivity index (χ0) is 13.3. The lowest BCUT2D eigenvalue weighted by molar-refractivity contribution is 0.578. The molecule has 2 aromatic heterocycles. The summed E-state index contributed by atoms with van der Waals surface area (Å²) in [5.41, 5.74) is 0.329. The smallest absolute Gasteiger partial charge is 0.305 e. The molecule has 0 aliphatic carbocycles. The molecule has 0 amide bonds. The van der Waals surface area contributed by atoms with E-state index in [0.29, 0.717) is 22.9 Å². The monoisotopic (exact) mass is 289 g/mol. The average molecular weight is 289 g/mol. The SMILES string of the molecule is Cc1[nH]c(=O)sc1S(=O)(=O)NCc1nncn1C. The van der Waals surface area contributed by atoms with Gasteiger partial charge in [0.25, 0.3) is 10.0 Å². The summed E-state index contributed by atoms with van der Waals surface area (Å²) in [5.74, 6) is 0.485. The van der Waals surface area contributed by atoms with Crippen LogP contribution in [0, 0.1) is 6.92 Å². The third-order valence-electron chi connectivity index (χ3n) is 2.25. The molecule has 0 saturated carbocycles. The number of hydrogen-bond donors (Lipinski definition) is 2. The van der Waals surface area contributed by atoms with Crippen molar-refractivity contribution in [2.24, 2.45) is 7.05 Å². The van der Waals surface area contributed by atoms with E-state index >= 15 is 0 Å². The van der Waals surface area contributed by atoms with Crippen LogP contribution in [-0.4, -0.2) is 28.2 Å². The standard InChI is InChI=1S/C8H11N5O3S2/c1-5-7(17-8(14)11-5)18(15,16)10-3-6-12-9-4-13(6)2/h4,10H,3H2,1-2H3,(H,11,14). The van der Waals surface area contributed by atoms with Crippen molar-refractivity contribution in [2.75, 3.05) is 0 Å². The summed E-state index contributed by atoms with van der Waals surface area (Å²) in [5, 5.41) is 7.40. The average Bonchev–Trinajstić information content (AvgIpc) is 2.82. The first-order valence-electron chi connectivity index (χ1n) is 4.92. The number of H-pyrrole nitrogens is 1. The predicted molar refractivity (Wildman–Crippen MR) is 64.7 cm³/mol. The fourth-order valence-electron chi connectivity index (χ4n) is 1.34. The van der Waals surface area contributed by atoms with Crippen LogP contribution < -0.4 is 9.60 Å². The Labute approximate surface area is 107 Å². The Bertz CT molecular complexity index is 711. The highest BCUT2D eigenvalue weighted by molar-refractivity contribution is 7.91. The van der Waals surface area contributed by atoms with Gasteiger partial charge in [-0.1, -0.05) is 11.3 Å². The summed E-state index contributed by atoms with van der Waals surface area (Å²) in [6.45, 7) is 1.55. The normalized spacial score (nSPS) is 11.9. The molecule has 2 N–H and O–H groups in total. The number of rotatable bonds is 4. The van der Waals surface area contributed by atoms with Gasteiger partial charge in [0.1, 0.15) is 12.2 Å². The lowest BCUT2D eigenvalue weighted by Crippen LogP contribution is -2.24. The molecule has 0 aliphatic heterocycles. The predicted octanol–water partition coefficient (Wildman–Crippen LogP) is -0.648. The number of nitrogens with zero attached hydrogens (tertiary/aromatic N) is 3. The summed E-state index contributed by atoms with van der Waals surface area (Å²) < 4.78 is 27.9. The third kappa shape index (κ3) is 2.49. The van der Waals surface area contributed by atoms with Gasteiger partial charge in [0.15, 0.2) is 4.21 Å². The first-order valence-corrected chi connectivity index (χ1v) is 7.22. The zero-order valence-corrected chi connectivity index (χ0v) is 11.3. The molecule has 8 nitrogen and oxygen atoms in total. The Morgan fingerprint density at radius 2 is 2.28 bits per heavy atom. The first-order chi connectivity index (χ1) is 8.40. The van der Waals surface area contributed by atoms with Crippen LogP contribution in [0.4, 0.5) is 0 Å². The van der Waals surface area contributed by atoms with Crippen molar-refractivity contribution in [1.82, 2.24) is 24.5 Å². The van der Waals surface area contributed by atoms with Crippen molar-refractivity contribution in [3.8, 4) is 0 Å². The van der Waals surface area contributed by atoms with Crippen LogP contribution in [-0.2, 0) is 23.6 Å². The molecule has 0 aliphatic rings. The molecule has 2 aromatic rings. The second kappa shape index (κ2) is 4.63. The maximum absolute atomic E-state index is 12.0. The number of aromatic amines is 1. The molecule has 0 fully saturated rings. The van der Waals surface area contributed by atoms with Gasteiger partial charge in [-0.3, -0.25) is 4.79 Å². The van der Waals surface area contributed by atoms with Crippen molar-refractivity contribution in [3.05, 3.63) is 27.5 Å². The van der Waals surface area contributed by atoms with Crippen molar-refractivity contribution in [2.45, 2.75) is 17.7 Å². The summed E-state index contributed by atoms with van der Waals surface area (Å²) in [6, 6.07) is 0. The van der Waals surface area contributed by atoms with Crippen molar-refractivity contribution in [1.29, 1.82) is 0 Å². The van der Waals surface area contributed by atoms with Gasteiger partial charge >= 0.3 is 4.87 Å². The van der Waals surface area contributed by atoms with Gasteiger partial charge in [-0.15, -0.1) is 10.2 Å². The molecule has 2 rings (SSSR count). The molecule has 0 unspecified atom stereocenters. The van der Waals surface area contributed by atoms with Crippen molar-refractivity contribution in [3.63, 3.8) is 0 Å². The van der Waals surface area contributed by atoms with E-state index in [0.717, 1.165) is 0 Å². The summed E-state index contributed by atoms with van der Waals surface area (Å²) in [6.07, 6.45) is 1.48. The molecule has 98 valence electrons. The topological polar surface area (TPSA) is 110 Å². The van der Waals surface area contributed by atoms with Gasteiger partial charge in [0, 0.05) is 12.7 Å². The second-order valence-electron chi connectivity index (χ2n) is 3.61. The summed E-state index contributed by atoms with van der Waals surface area (Å²) in [4.78, 5) is 13.1. The maximum atomic E-state index is 12.0. The fourth-order valence-corrected chi connectivity index (χ4v) is 3.66. The van der Waals surface area contributed by atoms with E-state index in [1.807, 2.05) is 0 Å². The van der Waals surface area contributed by atoms with Gasteiger partial charge in [-0.25, -0.2) is 13.1 Å². The van der Waals surface area contributed by atoms with Crippen LogP contribution in [0.1, 0.15) is 11.5 Å². The van der Waals surface area contributed by atoms with Crippen LogP contribution in [0.15, 0.2) is 15.3 Å². The highest BCUT2D eigenvalue weighted by atomic mass is 32.2. The lowest BCUT2D eigenvalue weighted by atomic mass is 10.6. The van der Waals surface area contributed by atoms with Gasteiger partial charge in [0.2, 0.25) is 0 Å². The number of sulfonamides is 1. The highest BCUT2D eigenvalue weighted by Gasteiger charge is 2.20. The Balaban J connectivity index is 2.21. The molecule has 0 radical (unpaired) electrons. The molecule has 18 heavy (non-hydrogen) atoms. The quantitative estimate of drug-likeness (QED) is 0.777. The molecular weight excluding hydrogens is 278 g/mol. The molecular formula is C8H11N5O3S2.